The summed E-state index contributed by atoms with van der Waals surface area (Å²) in [6, 6.07) is 9.35. The van der Waals surface area contributed by atoms with Gasteiger partial charge in [0.25, 0.3) is 0 Å². The van der Waals surface area contributed by atoms with Crippen molar-refractivity contribution >= 4 is 0 Å². The maximum absolute atomic E-state index is 3.71. The van der Waals surface area contributed by atoms with Gasteiger partial charge in [-0.1, -0.05) is 57.4 Å². The van der Waals surface area contributed by atoms with E-state index in [2.05, 4.69) is 50.4 Å². The van der Waals surface area contributed by atoms with Gasteiger partial charge in [0.05, 0.1) is 0 Å². The third kappa shape index (κ3) is 5.36. The molecule has 0 saturated carbocycles. The maximum atomic E-state index is 3.71. The molecule has 0 bridgehead atoms. The predicted octanol–water partition coefficient (Wildman–Crippen LogP) is 4.44. The fraction of sp³-hybridized carbons (Fsp3) is 0.625. The van der Waals surface area contributed by atoms with E-state index in [1.165, 1.54) is 43.2 Å². The van der Waals surface area contributed by atoms with Crippen LogP contribution in [-0.4, -0.2) is 6.04 Å². The fourth-order valence-corrected chi connectivity index (χ4v) is 2.21. The van der Waals surface area contributed by atoms with Gasteiger partial charge in [-0.15, -0.1) is 0 Å². The number of benzene rings is 1. The van der Waals surface area contributed by atoms with Crippen molar-refractivity contribution in [2.24, 2.45) is 0 Å². The lowest BCUT2D eigenvalue weighted by Gasteiger charge is -2.18. The average Bonchev–Trinajstić information content (AvgIpc) is 2.34. The molecule has 0 heterocycles. The Morgan fingerprint density at radius 2 is 1.82 bits per heavy atom. The number of hydrogen-bond acceptors (Lipinski definition) is 1. The van der Waals surface area contributed by atoms with E-state index in [9.17, 15) is 0 Å². The summed E-state index contributed by atoms with van der Waals surface area (Å²) in [7, 11) is 0. The van der Waals surface area contributed by atoms with E-state index in [0.717, 1.165) is 6.54 Å². The molecule has 1 heteroatoms. The van der Waals surface area contributed by atoms with E-state index >= 15 is 0 Å². The van der Waals surface area contributed by atoms with Crippen LogP contribution in [-0.2, 0) is 6.54 Å². The average molecular weight is 233 g/mol. The normalized spacial score (nSPS) is 12.6. The largest absolute Gasteiger partial charge is 0.310 e. The van der Waals surface area contributed by atoms with Gasteiger partial charge in [0.1, 0.15) is 0 Å². The highest BCUT2D eigenvalue weighted by Gasteiger charge is 2.06. The van der Waals surface area contributed by atoms with Crippen molar-refractivity contribution in [1.82, 2.24) is 5.32 Å². The Morgan fingerprint density at radius 1 is 1.06 bits per heavy atom. The first kappa shape index (κ1) is 14.2. The van der Waals surface area contributed by atoms with Gasteiger partial charge in [-0.2, -0.15) is 0 Å². The summed E-state index contributed by atoms with van der Waals surface area (Å²) in [5.41, 5.74) is 2.83. The highest BCUT2D eigenvalue weighted by Crippen LogP contribution is 2.10. The summed E-state index contributed by atoms with van der Waals surface area (Å²) < 4.78 is 0. The molecule has 1 atom stereocenters. The standard InChI is InChI=1S/C16H27N/c1-4-6-12-16(9-5-2)17-13-15-11-8-7-10-14(15)3/h7-8,10-11,16-17H,4-6,9,12-13H2,1-3H3. The molecule has 1 unspecified atom stereocenters. The van der Waals surface area contributed by atoms with Crippen LogP contribution in [0.1, 0.15) is 57.1 Å². The summed E-state index contributed by atoms with van der Waals surface area (Å²) in [6.07, 6.45) is 6.52. The molecular formula is C16H27N. The van der Waals surface area contributed by atoms with Gasteiger partial charge < -0.3 is 5.32 Å². The van der Waals surface area contributed by atoms with Gasteiger partial charge in [0.15, 0.2) is 0 Å². The van der Waals surface area contributed by atoms with Gasteiger partial charge in [0.2, 0.25) is 0 Å². The predicted molar refractivity (Wildman–Crippen MR) is 76.2 cm³/mol. The second kappa shape index (κ2) is 8.30. The van der Waals surface area contributed by atoms with E-state index in [0.29, 0.717) is 6.04 Å². The minimum Gasteiger partial charge on any atom is -0.310 e. The van der Waals surface area contributed by atoms with Crippen molar-refractivity contribution in [2.45, 2.75) is 65.5 Å². The third-order valence-electron chi connectivity index (χ3n) is 3.39. The molecule has 1 N–H and O–H groups in total. The molecule has 0 aliphatic rings. The molecule has 0 aliphatic heterocycles. The van der Waals surface area contributed by atoms with Crippen LogP contribution in [0.4, 0.5) is 0 Å². The molecule has 0 fully saturated rings. The molecular weight excluding hydrogens is 206 g/mol. The smallest absolute Gasteiger partial charge is 0.0210 e. The number of aryl methyl sites for hydroxylation is 1. The lowest BCUT2D eigenvalue weighted by Crippen LogP contribution is -2.28. The molecule has 0 spiro atoms. The van der Waals surface area contributed by atoms with E-state index in [-0.39, 0.29) is 0 Å². The Morgan fingerprint density at radius 3 is 2.47 bits per heavy atom. The van der Waals surface area contributed by atoms with Crippen LogP contribution in [0, 0.1) is 6.92 Å². The Bertz CT molecular complexity index is 306. The molecule has 0 saturated heterocycles. The summed E-state index contributed by atoms with van der Waals surface area (Å²) in [5, 5.41) is 3.71. The quantitative estimate of drug-likeness (QED) is 0.700. The summed E-state index contributed by atoms with van der Waals surface area (Å²) in [4.78, 5) is 0. The molecule has 0 radical (unpaired) electrons. The van der Waals surface area contributed by atoms with Gasteiger partial charge >= 0.3 is 0 Å². The highest BCUT2D eigenvalue weighted by molar-refractivity contribution is 5.25. The van der Waals surface area contributed by atoms with Crippen LogP contribution < -0.4 is 5.32 Å². The van der Waals surface area contributed by atoms with Crippen LogP contribution in [0.5, 0.6) is 0 Å². The number of nitrogens with one attached hydrogen (secondary N) is 1. The Kier molecular flexibility index (Phi) is 6.95. The maximum Gasteiger partial charge on any atom is 0.0210 e. The van der Waals surface area contributed by atoms with Crippen molar-refractivity contribution in [3.63, 3.8) is 0 Å². The molecule has 1 aromatic rings. The zero-order chi connectivity index (χ0) is 12.5. The van der Waals surface area contributed by atoms with Crippen LogP contribution in [0.15, 0.2) is 24.3 Å². The van der Waals surface area contributed by atoms with Gasteiger partial charge in [-0.25, -0.2) is 0 Å². The van der Waals surface area contributed by atoms with Crippen LogP contribution in [0.3, 0.4) is 0 Å². The number of rotatable bonds is 8. The molecule has 1 aromatic carbocycles. The topological polar surface area (TPSA) is 12.0 Å². The van der Waals surface area contributed by atoms with E-state index < -0.39 is 0 Å². The Labute approximate surface area is 107 Å². The van der Waals surface area contributed by atoms with Crippen molar-refractivity contribution in [3.8, 4) is 0 Å². The molecule has 0 aromatic heterocycles. The SMILES string of the molecule is CCCCC(CCC)NCc1ccccc1C. The second-order valence-electron chi connectivity index (χ2n) is 4.94. The molecule has 1 rings (SSSR count). The lowest BCUT2D eigenvalue weighted by molar-refractivity contribution is 0.433. The molecule has 0 amide bonds. The number of hydrogen-bond donors (Lipinski definition) is 1. The zero-order valence-electron chi connectivity index (χ0n) is 11.6. The third-order valence-corrected chi connectivity index (χ3v) is 3.39. The minimum absolute atomic E-state index is 0.694. The Hall–Kier alpha value is -0.820. The van der Waals surface area contributed by atoms with Crippen molar-refractivity contribution in [3.05, 3.63) is 35.4 Å². The van der Waals surface area contributed by atoms with E-state index in [4.69, 9.17) is 0 Å². The van der Waals surface area contributed by atoms with E-state index in [1.54, 1.807) is 0 Å². The summed E-state index contributed by atoms with van der Waals surface area (Å²) in [5.74, 6) is 0. The molecule has 0 aliphatic carbocycles. The van der Waals surface area contributed by atoms with Gasteiger partial charge in [-0.05, 0) is 30.9 Å². The summed E-state index contributed by atoms with van der Waals surface area (Å²) >= 11 is 0. The molecule has 17 heavy (non-hydrogen) atoms. The van der Waals surface area contributed by atoms with Crippen molar-refractivity contribution < 1.29 is 0 Å². The first-order chi connectivity index (χ1) is 8.27. The van der Waals surface area contributed by atoms with Gasteiger partial charge in [0, 0.05) is 12.6 Å². The van der Waals surface area contributed by atoms with Crippen LogP contribution >= 0.6 is 0 Å². The Balaban J connectivity index is 2.42. The fourth-order valence-electron chi connectivity index (χ4n) is 2.21. The molecule has 96 valence electrons. The van der Waals surface area contributed by atoms with Crippen LogP contribution in [0.25, 0.3) is 0 Å². The van der Waals surface area contributed by atoms with Crippen molar-refractivity contribution in [1.29, 1.82) is 0 Å². The second-order valence-corrected chi connectivity index (χ2v) is 4.94. The van der Waals surface area contributed by atoms with Gasteiger partial charge in [-0.3, -0.25) is 0 Å². The first-order valence-corrected chi connectivity index (χ1v) is 7.05. The van der Waals surface area contributed by atoms with E-state index in [1.807, 2.05) is 0 Å². The minimum atomic E-state index is 0.694. The first-order valence-electron chi connectivity index (χ1n) is 7.05. The van der Waals surface area contributed by atoms with Crippen LogP contribution in [0.2, 0.25) is 0 Å². The monoisotopic (exact) mass is 233 g/mol. The summed E-state index contributed by atoms with van der Waals surface area (Å²) in [6.45, 7) is 7.75. The zero-order valence-corrected chi connectivity index (χ0v) is 11.6. The number of unbranched alkanes of at least 4 members (excludes halogenated alkanes) is 1. The molecule has 1 nitrogen and oxygen atoms in total. The lowest BCUT2D eigenvalue weighted by atomic mass is 10.0. The highest BCUT2D eigenvalue weighted by atomic mass is 14.9. The van der Waals surface area contributed by atoms with Crippen molar-refractivity contribution in [2.75, 3.05) is 0 Å².